The van der Waals surface area contributed by atoms with Crippen molar-refractivity contribution in [3.63, 3.8) is 0 Å². The number of carboxylic acid groups (broad SMARTS) is 1. The van der Waals surface area contributed by atoms with Crippen LogP contribution in [0.15, 0.2) is 30.5 Å². The van der Waals surface area contributed by atoms with E-state index in [1.54, 1.807) is 13.8 Å². The van der Waals surface area contributed by atoms with E-state index in [0.29, 0.717) is 5.69 Å². The molecule has 1 heterocycles. The van der Waals surface area contributed by atoms with Crippen LogP contribution in [0.2, 0.25) is 0 Å². The summed E-state index contributed by atoms with van der Waals surface area (Å²) in [4.78, 5) is 25.8. The highest BCUT2D eigenvalue weighted by atomic mass is 16.4. The van der Waals surface area contributed by atoms with Crippen molar-refractivity contribution >= 4 is 28.5 Å². The lowest BCUT2D eigenvalue weighted by Gasteiger charge is -2.21. The van der Waals surface area contributed by atoms with Crippen molar-refractivity contribution in [1.82, 2.24) is 4.98 Å². The minimum absolute atomic E-state index is 0.0305. The Balaban J connectivity index is 2.02. The van der Waals surface area contributed by atoms with Crippen LogP contribution in [0.4, 0.5) is 5.69 Å². The molecular formula is C15H18N2O3. The van der Waals surface area contributed by atoms with E-state index in [0.717, 1.165) is 10.9 Å². The molecule has 0 fully saturated rings. The summed E-state index contributed by atoms with van der Waals surface area (Å²) in [6.07, 6.45) is 1.98. The van der Waals surface area contributed by atoms with Gasteiger partial charge in [0.1, 0.15) is 0 Å². The lowest BCUT2D eigenvalue weighted by atomic mass is 9.85. The van der Waals surface area contributed by atoms with Gasteiger partial charge in [0, 0.05) is 29.2 Å². The van der Waals surface area contributed by atoms with Gasteiger partial charge in [0.2, 0.25) is 5.91 Å². The summed E-state index contributed by atoms with van der Waals surface area (Å²) in [6, 6.07) is 7.53. The third-order valence-electron chi connectivity index (χ3n) is 3.11. The average Bonchev–Trinajstić information content (AvgIpc) is 2.72. The number of nitrogens with one attached hydrogen (secondary N) is 2. The van der Waals surface area contributed by atoms with Gasteiger partial charge in [-0.05, 0) is 29.7 Å². The molecule has 0 aliphatic heterocycles. The summed E-state index contributed by atoms with van der Waals surface area (Å²) in [5.74, 6) is -1.07. The lowest BCUT2D eigenvalue weighted by Crippen LogP contribution is -2.24. The summed E-state index contributed by atoms with van der Waals surface area (Å²) in [5.41, 5.74) is 1.16. The van der Waals surface area contributed by atoms with E-state index < -0.39 is 11.4 Å². The van der Waals surface area contributed by atoms with Crippen LogP contribution >= 0.6 is 0 Å². The van der Waals surface area contributed by atoms with Gasteiger partial charge in [-0.1, -0.05) is 13.8 Å². The van der Waals surface area contributed by atoms with Crippen molar-refractivity contribution in [2.24, 2.45) is 5.41 Å². The molecule has 0 radical (unpaired) electrons. The topological polar surface area (TPSA) is 82.2 Å². The van der Waals surface area contributed by atoms with Gasteiger partial charge < -0.3 is 15.4 Å². The minimum atomic E-state index is -0.892. The van der Waals surface area contributed by atoms with E-state index in [4.69, 9.17) is 5.11 Å². The number of hydrogen-bond donors (Lipinski definition) is 3. The third-order valence-corrected chi connectivity index (χ3v) is 3.11. The number of carbonyl (C=O) groups is 2. The first-order valence-corrected chi connectivity index (χ1v) is 6.44. The average molecular weight is 274 g/mol. The van der Waals surface area contributed by atoms with Crippen molar-refractivity contribution in [3.05, 3.63) is 30.5 Å². The largest absolute Gasteiger partial charge is 0.481 e. The Morgan fingerprint density at radius 1 is 1.25 bits per heavy atom. The Labute approximate surface area is 117 Å². The molecule has 0 aliphatic rings. The van der Waals surface area contributed by atoms with Crippen molar-refractivity contribution in [1.29, 1.82) is 0 Å². The van der Waals surface area contributed by atoms with Gasteiger partial charge in [0.15, 0.2) is 0 Å². The molecule has 106 valence electrons. The van der Waals surface area contributed by atoms with Gasteiger partial charge in [-0.3, -0.25) is 9.59 Å². The molecule has 1 aromatic heterocycles. The first kappa shape index (κ1) is 14.1. The second-order valence-electron chi connectivity index (χ2n) is 5.74. The summed E-state index contributed by atoms with van der Waals surface area (Å²) >= 11 is 0. The zero-order chi connectivity index (χ0) is 14.8. The van der Waals surface area contributed by atoms with Gasteiger partial charge in [-0.25, -0.2) is 0 Å². The number of aromatic amines is 1. The Morgan fingerprint density at radius 3 is 2.70 bits per heavy atom. The number of anilines is 1. The van der Waals surface area contributed by atoms with E-state index in [-0.39, 0.29) is 18.7 Å². The van der Waals surface area contributed by atoms with Crippen molar-refractivity contribution in [2.75, 3.05) is 5.32 Å². The fraction of sp³-hybridized carbons (Fsp3) is 0.333. The van der Waals surface area contributed by atoms with Gasteiger partial charge in [0.05, 0.1) is 6.42 Å². The van der Waals surface area contributed by atoms with Gasteiger partial charge >= 0.3 is 5.97 Å². The third kappa shape index (κ3) is 3.60. The number of carboxylic acids is 1. The molecule has 1 aromatic carbocycles. The number of amides is 1. The molecule has 5 heteroatoms. The maximum absolute atomic E-state index is 12.0. The van der Waals surface area contributed by atoms with Crippen LogP contribution in [0.25, 0.3) is 10.9 Å². The molecule has 0 saturated heterocycles. The molecule has 0 bridgehead atoms. The van der Waals surface area contributed by atoms with E-state index in [1.807, 2.05) is 30.5 Å². The number of rotatable bonds is 5. The molecule has 0 saturated carbocycles. The van der Waals surface area contributed by atoms with Crippen LogP contribution in [0.1, 0.15) is 26.7 Å². The Morgan fingerprint density at radius 2 is 2.00 bits per heavy atom. The lowest BCUT2D eigenvalue weighted by molar-refractivity contribution is -0.139. The normalized spacial score (nSPS) is 11.5. The van der Waals surface area contributed by atoms with Crippen molar-refractivity contribution in [3.8, 4) is 0 Å². The number of carbonyl (C=O) groups excluding carboxylic acids is 1. The predicted molar refractivity (Wildman–Crippen MR) is 77.6 cm³/mol. The molecule has 1 amide bonds. The highest BCUT2D eigenvalue weighted by molar-refractivity contribution is 5.94. The number of fused-ring (bicyclic) bond motifs is 1. The van der Waals surface area contributed by atoms with E-state index in [9.17, 15) is 9.59 Å². The zero-order valence-electron chi connectivity index (χ0n) is 11.6. The molecule has 2 aromatic rings. The van der Waals surface area contributed by atoms with Gasteiger partial charge in [-0.15, -0.1) is 0 Å². The fourth-order valence-corrected chi connectivity index (χ4v) is 2.24. The zero-order valence-corrected chi connectivity index (χ0v) is 11.6. The second-order valence-corrected chi connectivity index (χ2v) is 5.74. The summed E-state index contributed by atoms with van der Waals surface area (Å²) in [6.45, 7) is 3.55. The maximum atomic E-state index is 12.0. The first-order valence-electron chi connectivity index (χ1n) is 6.44. The number of benzene rings is 1. The smallest absolute Gasteiger partial charge is 0.303 e. The second kappa shape index (κ2) is 5.36. The molecule has 0 aliphatic carbocycles. The van der Waals surface area contributed by atoms with E-state index in [1.165, 1.54) is 0 Å². The monoisotopic (exact) mass is 274 g/mol. The van der Waals surface area contributed by atoms with E-state index in [2.05, 4.69) is 10.3 Å². The molecule has 2 rings (SSSR count). The molecular weight excluding hydrogens is 256 g/mol. The van der Waals surface area contributed by atoms with Crippen LogP contribution in [-0.2, 0) is 9.59 Å². The van der Waals surface area contributed by atoms with Gasteiger partial charge in [0.25, 0.3) is 0 Å². The standard InChI is InChI=1S/C15H18N2O3/c1-15(2,9-14(19)20)8-13(18)17-11-3-4-12-10(7-11)5-6-16-12/h3-7,16H,8-9H2,1-2H3,(H,17,18)(H,19,20). The maximum Gasteiger partial charge on any atom is 0.303 e. The first-order chi connectivity index (χ1) is 9.35. The van der Waals surface area contributed by atoms with Crippen LogP contribution in [0.3, 0.4) is 0 Å². The molecule has 0 spiro atoms. The number of aliphatic carboxylic acids is 1. The predicted octanol–water partition coefficient (Wildman–Crippen LogP) is 3.00. The molecule has 5 nitrogen and oxygen atoms in total. The van der Waals surface area contributed by atoms with Crippen LogP contribution in [-0.4, -0.2) is 22.0 Å². The highest BCUT2D eigenvalue weighted by Gasteiger charge is 2.25. The highest BCUT2D eigenvalue weighted by Crippen LogP contribution is 2.26. The summed E-state index contributed by atoms with van der Waals surface area (Å²) < 4.78 is 0. The minimum Gasteiger partial charge on any atom is -0.481 e. The quantitative estimate of drug-likeness (QED) is 0.783. The van der Waals surface area contributed by atoms with Crippen LogP contribution in [0, 0.1) is 5.41 Å². The van der Waals surface area contributed by atoms with Crippen LogP contribution < -0.4 is 5.32 Å². The fourth-order valence-electron chi connectivity index (χ4n) is 2.24. The number of H-pyrrole nitrogens is 1. The molecule has 3 N–H and O–H groups in total. The molecule has 0 unspecified atom stereocenters. The Bertz CT molecular complexity index is 643. The number of hydrogen-bond acceptors (Lipinski definition) is 2. The van der Waals surface area contributed by atoms with Crippen LogP contribution in [0.5, 0.6) is 0 Å². The summed E-state index contributed by atoms with van der Waals surface area (Å²) in [5, 5.41) is 12.6. The summed E-state index contributed by atoms with van der Waals surface area (Å²) in [7, 11) is 0. The van der Waals surface area contributed by atoms with Gasteiger partial charge in [-0.2, -0.15) is 0 Å². The molecule has 20 heavy (non-hydrogen) atoms. The Hall–Kier alpha value is -2.30. The SMILES string of the molecule is CC(C)(CC(=O)O)CC(=O)Nc1ccc2[nH]ccc2c1. The Kier molecular flexibility index (Phi) is 3.79. The van der Waals surface area contributed by atoms with Crippen molar-refractivity contribution in [2.45, 2.75) is 26.7 Å². The molecule has 0 atom stereocenters. The number of aromatic nitrogens is 1. The van der Waals surface area contributed by atoms with Crippen molar-refractivity contribution < 1.29 is 14.7 Å². The van der Waals surface area contributed by atoms with E-state index >= 15 is 0 Å².